The van der Waals surface area contributed by atoms with Crippen LogP contribution in [0.15, 0.2) is 47.7 Å². The van der Waals surface area contributed by atoms with Crippen molar-refractivity contribution in [1.29, 1.82) is 0 Å². The molecule has 0 unspecified atom stereocenters. The molecule has 1 aliphatic carbocycles. The quantitative estimate of drug-likeness (QED) is 0.314. The fourth-order valence-electron chi connectivity index (χ4n) is 4.50. The number of halogens is 4. The number of ether oxygens (including phenoxy) is 1. The van der Waals surface area contributed by atoms with Crippen LogP contribution in [0.25, 0.3) is 22.2 Å². The number of aromatic nitrogens is 5. The van der Waals surface area contributed by atoms with Gasteiger partial charge in [0.15, 0.2) is 5.52 Å². The van der Waals surface area contributed by atoms with E-state index >= 15 is 0 Å². The number of fused-ring (bicyclic) bond motifs is 1. The highest BCUT2D eigenvalue weighted by Gasteiger charge is 2.32. The Morgan fingerprint density at radius 1 is 0.947 bits per heavy atom. The van der Waals surface area contributed by atoms with E-state index in [4.69, 9.17) is 4.74 Å². The maximum atomic E-state index is 14.8. The number of benzene rings is 1. The summed E-state index contributed by atoms with van der Waals surface area (Å²) in [7, 11) is 0. The predicted molar refractivity (Wildman–Crippen MR) is 133 cm³/mol. The molecule has 3 aromatic heterocycles. The van der Waals surface area contributed by atoms with E-state index in [1.165, 1.54) is 23.6 Å². The Kier molecular flexibility index (Phi) is 7.04. The van der Waals surface area contributed by atoms with E-state index in [1.54, 1.807) is 13.8 Å². The van der Waals surface area contributed by atoms with E-state index < -0.39 is 17.6 Å². The van der Waals surface area contributed by atoms with E-state index in [2.05, 4.69) is 15.1 Å². The van der Waals surface area contributed by atoms with Crippen LogP contribution in [0.3, 0.4) is 0 Å². The van der Waals surface area contributed by atoms with Crippen molar-refractivity contribution in [1.82, 2.24) is 24.3 Å². The normalized spacial score (nSPS) is 16.4. The SMILES string of the molecule is Cc1nc2c(-c3ccc(C(F)(F)F)cc3F)cn(C3CCOCC3)c(=O)c2nc1C.c1cnn(C2CC2)c1. The topological polar surface area (TPSA) is 74.8 Å². The highest BCUT2D eigenvalue weighted by atomic mass is 19.4. The second kappa shape index (κ2) is 10.3. The summed E-state index contributed by atoms with van der Waals surface area (Å²) in [6.45, 7) is 4.39. The van der Waals surface area contributed by atoms with Gasteiger partial charge in [-0.05, 0) is 57.7 Å². The molecule has 0 atom stereocenters. The molecule has 0 N–H and O–H groups in total. The molecule has 0 spiro atoms. The Morgan fingerprint density at radius 2 is 1.63 bits per heavy atom. The van der Waals surface area contributed by atoms with E-state index in [1.807, 2.05) is 23.1 Å². The van der Waals surface area contributed by atoms with Crippen molar-refractivity contribution in [2.24, 2.45) is 0 Å². The van der Waals surface area contributed by atoms with E-state index in [-0.39, 0.29) is 33.8 Å². The van der Waals surface area contributed by atoms with E-state index in [9.17, 15) is 22.4 Å². The van der Waals surface area contributed by atoms with E-state index in [0.29, 0.717) is 43.5 Å². The molecule has 7 nitrogen and oxygen atoms in total. The van der Waals surface area contributed by atoms with Crippen LogP contribution in [-0.4, -0.2) is 37.5 Å². The highest BCUT2D eigenvalue weighted by Crippen LogP contribution is 2.35. The van der Waals surface area contributed by atoms with Gasteiger partial charge in [0, 0.05) is 49.0 Å². The van der Waals surface area contributed by atoms with Crippen molar-refractivity contribution in [3.05, 3.63) is 76.0 Å². The monoisotopic (exact) mass is 529 g/mol. The molecular formula is C27H27F4N5O2. The third-order valence-electron chi connectivity index (χ3n) is 6.88. The van der Waals surface area contributed by atoms with Gasteiger partial charge in [0.05, 0.1) is 23.0 Å². The smallest absolute Gasteiger partial charge is 0.381 e. The predicted octanol–water partition coefficient (Wildman–Crippen LogP) is 5.80. The summed E-state index contributed by atoms with van der Waals surface area (Å²) in [6, 6.07) is 4.89. The number of alkyl halides is 3. The van der Waals surface area contributed by atoms with Crippen LogP contribution in [0.5, 0.6) is 0 Å². The van der Waals surface area contributed by atoms with Crippen molar-refractivity contribution in [3.63, 3.8) is 0 Å². The van der Waals surface area contributed by atoms with Crippen LogP contribution >= 0.6 is 0 Å². The van der Waals surface area contributed by atoms with Crippen molar-refractivity contribution in [3.8, 4) is 11.1 Å². The number of nitrogens with zero attached hydrogens (tertiary/aromatic N) is 5. The number of rotatable bonds is 3. The first kappa shape index (κ1) is 26.0. The first-order chi connectivity index (χ1) is 18.1. The van der Waals surface area contributed by atoms with Gasteiger partial charge in [0.2, 0.25) is 0 Å². The van der Waals surface area contributed by atoms with Crippen LogP contribution in [0, 0.1) is 19.7 Å². The van der Waals surface area contributed by atoms with Gasteiger partial charge in [-0.1, -0.05) is 6.07 Å². The minimum atomic E-state index is -4.66. The summed E-state index contributed by atoms with van der Waals surface area (Å²) < 4.78 is 62.6. The van der Waals surface area contributed by atoms with Gasteiger partial charge in [0.1, 0.15) is 11.3 Å². The first-order valence-electron chi connectivity index (χ1n) is 12.5. The average Bonchev–Trinajstić information content (AvgIpc) is 3.60. The van der Waals surface area contributed by atoms with E-state index in [0.717, 1.165) is 18.2 Å². The summed E-state index contributed by atoms with van der Waals surface area (Å²) >= 11 is 0. The molecule has 1 saturated carbocycles. The standard InChI is InChI=1S/C21H19F4N3O2.C6H8N2/c1-11-12(2)27-19-18(26-11)16(10-28(20(19)29)14-5-7-30-8-6-14)15-4-3-13(9-17(15)22)21(23,24)25;1-4-7-8(5-1)6-2-3-6/h3-4,9-10,14H,5-8H2,1-2H3;1,4-6H,2-3H2. The molecule has 0 bridgehead atoms. The molecule has 200 valence electrons. The molecular weight excluding hydrogens is 502 g/mol. The molecule has 0 amide bonds. The third-order valence-corrected chi connectivity index (χ3v) is 6.88. The maximum absolute atomic E-state index is 14.8. The van der Waals surface area contributed by atoms with Crippen LogP contribution in [-0.2, 0) is 10.9 Å². The lowest BCUT2D eigenvalue weighted by atomic mass is 10.0. The second-order valence-electron chi connectivity index (χ2n) is 9.60. The molecule has 1 aliphatic heterocycles. The fraction of sp³-hybridized carbons (Fsp3) is 0.407. The third kappa shape index (κ3) is 5.33. The molecule has 4 aromatic rings. The molecule has 6 rings (SSSR count). The largest absolute Gasteiger partial charge is 0.416 e. The summed E-state index contributed by atoms with van der Waals surface area (Å²) in [5, 5.41) is 4.09. The number of aryl methyl sites for hydroxylation is 2. The van der Waals surface area contributed by atoms with Crippen molar-refractivity contribution in [2.45, 2.75) is 57.8 Å². The maximum Gasteiger partial charge on any atom is 0.416 e. The number of hydrogen-bond acceptors (Lipinski definition) is 5. The summed E-state index contributed by atoms with van der Waals surface area (Å²) in [4.78, 5) is 21.9. The van der Waals surface area contributed by atoms with Gasteiger partial charge in [-0.2, -0.15) is 18.3 Å². The zero-order valence-corrected chi connectivity index (χ0v) is 21.0. The molecule has 1 saturated heterocycles. The van der Waals surface area contributed by atoms with Crippen LogP contribution < -0.4 is 5.56 Å². The molecule has 11 heteroatoms. The summed E-state index contributed by atoms with van der Waals surface area (Å²) in [5.41, 5.74) is 0.0886. The molecule has 0 radical (unpaired) electrons. The number of hydrogen-bond donors (Lipinski definition) is 0. The summed E-state index contributed by atoms with van der Waals surface area (Å²) in [6.07, 6.45) is 4.52. The lowest BCUT2D eigenvalue weighted by molar-refractivity contribution is -0.137. The van der Waals surface area contributed by atoms with Gasteiger partial charge in [0.25, 0.3) is 5.56 Å². The van der Waals surface area contributed by atoms with Gasteiger partial charge in [-0.25, -0.2) is 14.4 Å². The number of pyridine rings is 1. The lowest BCUT2D eigenvalue weighted by Crippen LogP contribution is -2.30. The van der Waals surface area contributed by atoms with Gasteiger partial charge in [-0.3, -0.25) is 9.48 Å². The van der Waals surface area contributed by atoms with Crippen LogP contribution in [0.4, 0.5) is 17.6 Å². The Hall–Kier alpha value is -3.60. The van der Waals surface area contributed by atoms with Gasteiger partial charge >= 0.3 is 6.18 Å². The lowest BCUT2D eigenvalue weighted by Gasteiger charge is -2.25. The van der Waals surface area contributed by atoms with Crippen molar-refractivity contribution < 1.29 is 22.3 Å². The van der Waals surface area contributed by atoms with Crippen LogP contribution in [0.2, 0.25) is 0 Å². The van der Waals surface area contributed by atoms with Gasteiger partial charge < -0.3 is 9.30 Å². The first-order valence-corrected chi connectivity index (χ1v) is 12.5. The minimum Gasteiger partial charge on any atom is -0.381 e. The van der Waals surface area contributed by atoms with Crippen molar-refractivity contribution in [2.75, 3.05) is 13.2 Å². The van der Waals surface area contributed by atoms with Crippen LogP contribution in [0.1, 0.15) is 54.7 Å². The molecule has 1 aromatic carbocycles. The fourth-order valence-corrected chi connectivity index (χ4v) is 4.50. The molecule has 2 aliphatic rings. The molecule has 2 fully saturated rings. The van der Waals surface area contributed by atoms with Gasteiger partial charge in [-0.15, -0.1) is 0 Å². The zero-order valence-electron chi connectivity index (χ0n) is 21.0. The van der Waals surface area contributed by atoms with Crippen molar-refractivity contribution >= 4 is 11.0 Å². The second-order valence-corrected chi connectivity index (χ2v) is 9.60. The molecule has 38 heavy (non-hydrogen) atoms. The summed E-state index contributed by atoms with van der Waals surface area (Å²) in [5.74, 6) is -1.04. The average molecular weight is 530 g/mol. The Labute approximate surface area is 216 Å². The highest BCUT2D eigenvalue weighted by molar-refractivity contribution is 5.91. The minimum absolute atomic E-state index is 0.0636. The molecule has 4 heterocycles. The Bertz CT molecular complexity index is 1500. The Balaban J connectivity index is 0.000000310. The Morgan fingerprint density at radius 3 is 2.21 bits per heavy atom. The zero-order chi connectivity index (χ0) is 27.0.